The zero-order valence-electron chi connectivity index (χ0n) is 11.8. The van der Waals surface area contributed by atoms with Crippen LogP contribution in [0.25, 0.3) is 11.4 Å². The molecule has 0 bridgehead atoms. The Morgan fingerprint density at radius 2 is 2.04 bits per heavy atom. The van der Waals surface area contributed by atoms with E-state index in [1.807, 2.05) is 6.07 Å². The van der Waals surface area contributed by atoms with Crippen molar-refractivity contribution in [3.63, 3.8) is 0 Å². The summed E-state index contributed by atoms with van der Waals surface area (Å²) in [5, 5.41) is 18.3. The molecule has 1 heterocycles. The fourth-order valence-electron chi connectivity index (χ4n) is 2.02. The minimum Gasteiger partial charge on any atom is -0.371 e. The summed E-state index contributed by atoms with van der Waals surface area (Å²) in [7, 11) is 0. The quantitative estimate of drug-likeness (QED) is 0.563. The first-order valence-corrected chi connectivity index (χ1v) is 7.07. The van der Waals surface area contributed by atoms with E-state index in [1.165, 1.54) is 6.07 Å². The van der Waals surface area contributed by atoms with Gasteiger partial charge < -0.3 is 9.84 Å². The molecule has 0 fully saturated rings. The van der Waals surface area contributed by atoms with Crippen molar-refractivity contribution in [1.29, 1.82) is 0 Å². The second-order valence-electron chi connectivity index (χ2n) is 4.65. The van der Waals surface area contributed by atoms with Crippen molar-refractivity contribution in [2.24, 2.45) is 0 Å². The van der Waals surface area contributed by atoms with Crippen LogP contribution in [-0.2, 0) is 6.54 Å². The van der Waals surface area contributed by atoms with Gasteiger partial charge in [0.2, 0.25) is 11.7 Å². The molecule has 1 N–H and O–H groups in total. The smallest absolute Gasteiger partial charge is 0.292 e. The SMILES string of the molecule is O=[N+]([O-])c1ccccc1NCc1nc(-c2cccc(Cl)c2)no1. The number of rotatable bonds is 5. The Morgan fingerprint density at radius 3 is 2.83 bits per heavy atom. The Balaban J connectivity index is 1.74. The lowest BCUT2D eigenvalue weighted by atomic mass is 10.2. The first kappa shape index (κ1) is 15.0. The van der Waals surface area contributed by atoms with Gasteiger partial charge in [0, 0.05) is 16.7 Å². The van der Waals surface area contributed by atoms with Gasteiger partial charge in [-0.25, -0.2) is 0 Å². The van der Waals surface area contributed by atoms with E-state index in [2.05, 4.69) is 15.5 Å². The van der Waals surface area contributed by atoms with Gasteiger partial charge in [0.25, 0.3) is 5.69 Å². The average molecular weight is 331 g/mol. The average Bonchev–Trinajstić information content (AvgIpc) is 3.02. The number of benzene rings is 2. The molecule has 0 atom stereocenters. The monoisotopic (exact) mass is 330 g/mol. The lowest BCUT2D eigenvalue weighted by Gasteiger charge is -2.03. The molecule has 8 heteroatoms. The van der Waals surface area contributed by atoms with Crippen LogP contribution in [0.4, 0.5) is 11.4 Å². The molecule has 3 rings (SSSR count). The van der Waals surface area contributed by atoms with Crippen molar-refractivity contribution in [2.45, 2.75) is 6.54 Å². The number of nitro groups is 1. The molecule has 0 saturated heterocycles. The second kappa shape index (κ2) is 6.45. The molecular formula is C15H11ClN4O3. The summed E-state index contributed by atoms with van der Waals surface area (Å²) in [6.07, 6.45) is 0. The zero-order valence-corrected chi connectivity index (χ0v) is 12.5. The van der Waals surface area contributed by atoms with Crippen LogP contribution in [0.1, 0.15) is 5.89 Å². The molecular weight excluding hydrogens is 320 g/mol. The molecule has 0 unspecified atom stereocenters. The Kier molecular flexibility index (Phi) is 4.20. The highest BCUT2D eigenvalue weighted by atomic mass is 35.5. The third-order valence-electron chi connectivity index (χ3n) is 3.08. The first-order chi connectivity index (χ1) is 11.1. The molecule has 0 spiro atoms. The second-order valence-corrected chi connectivity index (χ2v) is 5.09. The van der Waals surface area contributed by atoms with Crippen LogP contribution >= 0.6 is 11.6 Å². The van der Waals surface area contributed by atoms with Crippen molar-refractivity contribution in [2.75, 3.05) is 5.32 Å². The molecule has 0 saturated carbocycles. The van der Waals surface area contributed by atoms with Crippen LogP contribution in [0.3, 0.4) is 0 Å². The standard InChI is InChI=1S/C15H11ClN4O3/c16-11-5-3-4-10(8-11)15-18-14(23-19-15)9-17-12-6-1-2-7-13(12)20(21)22/h1-8,17H,9H2. The minimum absolute atomic E-state index is 0.0120. The van der Waals surface area contributed by atoms with E-state index in [4.69, 9.17) is 16.1 Å². The van der Waals surface area contributed by atoms with Crippen molar-refractivity contribution in [1.82, 2.24) is 10.1 Å². The number of hydrogen-bond acceptors (Lipinski definition) is 6. The third kappa shape index (κ3) is 3.46. The van der Waals surface area contributed by atoms with Crippen LogP contribution < -0.4 is 5.32 Å². The highest BCUT2D eigenvalue weighted by molar-refractivity contribution is 6.30. The van der Waals surface area contributed by atoms with Crippen LogP contribution in [0.2, 0.25) is 5.02 Å². The van der Waals surface area contributed by atoms with E-state index in [-0.39, 0.29) is 12.2 Å². The molecule has 23 heavy (non-hydrogen) atoms. The number of nitrogens with one attached hydrogen (secondary N) is 1. The molecule has 7 nitrogen and oxygen atoms in total. The van der Waals surface area contributed by atoms with Crippen LogP contribution in [0, 0.1) is 10.1 Å². The zero-order chi connectivity index (χ0) is 16.2. The number of aromatic nitrogens is 2. The van der Waals surface area contributed by atoms with E-state index in [0.29, 0.717) is 22.4 Å². The lowest BCUT2D eigenvalue weighted by molar-refractivity contribution is -0.384. The van der Waals surface area contributed by atoms with Gasteiger partial charge in [-0.2, -0.15) is 4.98 Å². The van der Waals surface area contributed by atoms with Gasteiger partial charge in [-0.3, -0.25) is 10.1 Å². The molecule has 0 aliphatic carbocycles. The summed E-state index contributed by atoms with van der Waals surface area (Å²) in [6, 6.07) is 13.4. The summed E-state index contributed by atoms with van der Waals surface area (Å²) < 4.78 is 5.14. The molecule has 0 radical (unpaired) electrons. The van der Waals surface area contributed by atoms with Gasteiger partial charge in [0.05, 0.1) is 11.5 Å². The molecule has 1 aromatic heterocycles. The maximum absolute atomic E-state index is 11.0. The highest BCUT2D eigenvalue weighted by Gasteiger charge is 2.14. The van der Waals surface area contributed by atoms with Crippen molar-refractivity contribution < 1.29 is 9.45 Å². The van der Waals surface area contributed by atoms with E-state index < -0.39 is 4.92 Å². The van der Waals surface area contributed by atoms with Crippen LogP contribution in [-0.4, -0.2) is 15.1 Å². The molecule has 3 aromatic rings. The topological polar surface area (TPSA) is 94.1 Å². The van der Waals surface area contributed by atoms with Gasteiger partial charge in [0.15, 0.2) is 0 Å². The van der Waals surface area contributed by atoms with Crippen molar-refractivity contribution >= 4 is 23.0 Å². The van der Waals surface area contributed by atoms with Gasteiger partial charge in [0.1, 0.15) is 5.69 Å². The normalized spacial score (nSPS) is 10.5. The Morgan fingerprint density at radius 1 is 1.22 bits per heavy atom. The fraction of sp³-hybridized carbons (Fsp3) is 0.0667. The van der Waals surface area contributed by atoms with Gasteiger partial charge in [-0.1, -0.05) is 41.0 Å². The maximum Gasteiger partial charge on any atom is 0.292 e. The molecule has 0 aliphatic rings. The van der Waals surface area contributed by atoms with E-state index >= 15 is 0 Å². The summed E-state index contributed by atoms with van der Waals surface area (Å²) >= 11 is 5.93. The Labute approximate surface area is 136 Å². The number of nitro benzene ring substituents is 1. The minimum atomic E-state index is -0.451. The molecule has 0 amide bonds. The number of anilines is 1. The van der Waals surface area contributed by atoms with Crippen molar-refractivity contribution in [3.05, 3.63) is 69.6 Å². The maximum atomic E-state index is 11.0. The predicted octanol–water partition coefficient (Wildman–Crippen LogP) is 3.91. The van der Waals surface area contributed by atoms with E-state index in [0.717, 1.165) is 5.56 Å². The number of para-hydroxylation sites is 2. The summed E-state index contributed by atoms with van der Waals surface area (Å²) in [4.78, 5) is 14.7. The summed E-state index contributed by atoms with van der Waals surface area (Å²) in [5.41, 5.74) is 1.11. The molecule has 2 aromatic carbocycles. The number of hydrogen-bond donors (Lipinski definition) is 1. The van der Waals surface area contributed by atoms with Crippen molar-refractivity contribution in [3.8, 4) is 11.4 Å². The Bertz CT molecular complexity index is 850. The number of halogens is 1. The largest absolute Gasteiger partial charge is 0.371 e. The molecule has 116 valence electrons. The van der Waals surface area contributed by atoms with Crippen LogP contribution in [0.15, 0.2) is 53.1 Å². The highest BCUT2D eigenvalue weighted by Crippen LogP contribution is 2.24. The third-order valence-corrected chi connectivity index (χ3v) is 3.32. The van der Waals surface area contributed by atoms with Crippen LogP contribution in [0.5, 0.6) is 0 Å². The summed E-state index contributed by atoms with van der Waals surface area (Å²) in [5.74, 6) is 0.727. The van der Waals surface area contributed by atoms with E-state index in [9.17, 15) is 10.1 Å². The van der Waals surface area contributed by atoms with Gasteiger partial charge in [-0.15, -0.1) is 0 Å². The molecule has 0 aliphatic heterocycles. The predicted molar refractivity (Wildman–Crippen MR) is 85.2 cm³/mol. The first-order valence-electron chi connectivity index (χ1n) is 6.69. The van der Waals surface area contributed by atoms with Gasteiger partial charge in [-0.05, 0) is 18.2 Å². The number of nitrogens with zero attached hydrogens (tertiary/aromatic N) is 3. The van der Waals surface area contributed by atoms with E-state index in [1.54, 1.807) is 36.4 Å². The fourth-order valence-corrected chi connectivity index (χ4v) is 2.21. The van der Waals surface area contributed by atoms with Gasteiger partial charge >= 0.3 is 0 Å². The Hall–Kier alpha value is -2.93. The lowest BCUT2D eigenvalue weighted by Crippen LogP contribution is -2.02. The summed E-state index contributed by atoms with van der Waals surface area (Å²) in [6.45, 7) is 0.179.